The van der Waals surface area contributed by atoms with E-state index in [4.69, 9.17) is 0 Å². The summed E-state index contributed by atoms with van der Waals surface area (Å²) in [5.41, 5.74) is 4.84. The van der Waals surface area contributed by atoms with Crippen molar-refractivity contribution in [2.75, 3.05) is 0 Å². The number of carbonyl (C=O) groups excluding carboxylic acids is 1. The van der Waals surface area contributed by atoms with Crippen LogP contribution in [0, 0.1) is 12.8 Å². The predicted octanol–water partition coefficient (Wildman–Crippen LogP) is 3.54. The smallest absolute Gasteiger partial charge is 0.231 e. The normalized spacial score (nSPS) is 18.8. The van der Waals surface area contributed by atoms with Gasteiger partial charge in [0, 0.05) is 19.2 Å². The number of amides is 1. The molecule has 0 spiro atoms. The highest BCUT2D eigenvalue weighted by atomic mass is 16.2. The number of aryl methyl sites for hydroxylation is 2. The van der Waals surface area contributed by atoms with Gasteiger partial charge in [0.25, 0.3) is 0 Å². The third-order valence-electron chi connectivity index (χ3n) is 5.82. The molecule has 1 aliphatic heterocycles. The van der Waals surface area contributed by atoms with E-state index in [1.54, 1.807) is 0 Å². The lowest BCUT2D eigenvalue weighted by Crippen LogP contribution is -2.34. The SMILES string of the molecule is Cc1ccccc1C(C(=O)N1Cc2cnn(C)c2C1)C1CCCC1. The van der Waals surface area contributed by atoms with Crippen LogP contribution in [0.3, 0.4) is 0 Å². The Morgan fingerprint density at radius 2 is 1.96 bits per heavy atom. The summed E-state index contributed by atoms with van der Waals surface area (Å²) in [5, 5.41) is 4.31. The maximum Gasteiger partial charge on any atom is 0.231 e. The average Bonchev–Trinajstić information content (AvgIpc) is 3.29. The molecule has 1 saturated carbocycles. The Hall–Kier alpha value is -2.10. The molecular formula is C20H25N3O. The molecule has 4 rings (SSSR count). The molecule has 1 aliphatic carbocycles. The largest absolute Gasteiger partial charge is 0.332 e. The van der Waals surface area contributed by atoms with E-state index in [9.17, 15) is 4.79 Å². The van der Waals surface area contributed by atoms with Gasteiger partial charge in [0.2, 0.25) is 5.91 Å². The van der Waals surface area contributed by atoms with Gasteiger partial charge in [-0.3, -0.25) is 9.48 Å². The molecule has 2 heterocycles. The summed E-state index contributed by atoms with van der Waals surface area (Å²) in [6.45, 7) is 3.53. The van der Waals surface area contributed by atoms with Crippen molar-refractivity contribution in [2.45, 2.75) is 51.6 Å². The molecule has 1 atom stereocenters. The lowest BCUT2D eigenvalue weighted by molar-refractivity contribution is -0.134. The van der Waals surface area contributed by atoms with Crippen LogP contribution in [-0.2, 0) is 24.9 Å². The molecule has 1 aromatic heterocycles. The third-order valence-corrected chi connectivity index (χ3v) is 5.82. The molecule has 0 bridgehead atoms. The molecule has 1 aromatic carbocycles. The maximum atomic E-state index is 13.5. The van der Waals surface area contributed by atoms with Crippen LogP contribution in [0.15, 0.2) is 30.5 Å². The Kier molecular flexibility index (Phi) is 3.91. The molecule has 24 heavy (non-hydrogen) atoms. The van der Waals surface area contributed by atoms with Gasteiger partial charge in [-0.1, -0.05) is 37.1 Å². The van der Waals surface area contributed by atoms with Gasteiger partial charge in [0.15, 0.2) is 0 Å². The summed E-state index contributed by atoms with van der Waals surface area (Å²) >= 11 is 0. The fraction of sp³-hybridized carbons (Fsp3) is 0.500. The zero-order chi connectivity index (χ0) is 16.7. The van der Waals surface area contributed by atoms with E-state index in [1.807, 2.05) is 22.8 Å². The predicted molar refractivity (Wildman–Crippen MR) is 93.3 cm³/mol. The van der Waals surface area contributed by atoms with Crippen LogP contribution in [0.1, 0.15) is 54.0 Å². The molecule has 4 nitrogen and oxygen atoms in total. The zero-order valence-corrected chi connectivity index (χ0v) is 14.5. The third kappa shape index (κ3) is 2.54. The van der Waals surface area contributed by atoms with Crippen LogP contribution >= 0.6 is 0 Å². The first-order valence-electron chi connectivity index (χ1n) is 8.99. The van der Waals surface area contributed by atoms with Crippen molar-refractivity contribution in [3.63, 3.8) is 0 Å². The topological polar surface area (TPSA) is 38.1 Å². The van der Waals surface area contributed by atoms with Crippen molar-refractivity contribution in [3.8, 4) is 0 Å². The lowest BCUT2D eigenvalue weighted by Gasteiger charge is -2.29. The van der Waals surface area contributed by atoms with Crippen LogP contribution in [-0.4, -0.2) is 20.6 Å². The number of nitrogens with zero attached hydrogens (tertiary/aromatic N) is 3. The first-order chi connectivity index (χ1) is 11.6. The molecule has 1 fully saturated rings. The highest BCUT2D eigenvalue weighted by Gasteiger charge is 2.37. The van der Waals surface area contributed by atoms with Crippen LogP contribution in [0.5, 0.6) is 0 Å². The van der Waals surface area contributed by atoms with Gasteiger partial charge in [-0.05, 0) is 36.8 Å². The van der Waals surface area contributed by atoms with Gasteiger partial charge in [-0.15, -0.1) is 0 Å². The lowest BCUT2D eigenvalue weighted by atomic mass is 9.82. The highest BCUT2D eigenvalue weighted by Crippen LogP contribution is 2.40. The fourth-order valence-electron chi connectivity index (χ4n) is 4.45. The minimum Gasteiger partial charge on any atom is -0.332 e. The molecule has 0 saturated heterocycles. The number of hydrogen-bond acceptors (Lipinski definition) is 2. The van der Waals surface area contributed by atoms with E-state index in [-0.39, 0.29) is 5.92 Å². The number of fused-ring (bicyclic) bond motifs is 1. The minimum atomic E-state index is 0.0102. The Labute approximate surface area is 143 Å². The second-order valence-corrected chi connectivity index (χ2v) is 7.31. The van der Waals surface area contributed by atoms with Crippen molar-refractivity contribution in [1.29, 1.82) is 0 Å². The highest BCUT2D eigenvalue weighted by molar-refractivity contribution is 5.85. The van der Waals surface area contributed by atoms with Crippen molar-refractivity contribution >= 4 is 5.91 Å². The van der Waals surface area contributed by atoms with Crippen molar-refractivity contribution in [1.82, 2.24) is 14.7 Å². The Bertz CT molecular complexity index is 758. The number of rotatable bonds is 3. The summed E-state index contributed by atoms with van der Waals surface area (Å²) in [7, 11) is 1.96. The Morgan fingerprint density at radius 3 is 2.67 bits per heavy atom. The Morgan fingerprint density at radius 1 is 1.21 bits per heavy atom. The standard InChI is InChI=1S/C20H25N3O/c1-14-7-3-6-10-17(14)19(15-8-4-5-9-15)20(24)23-12-16-11-21-22(2)18(16)13-23/h3,6-7,10-11,15,19H,4-5,8-9,12-13H2,1-2H3. The van der Waals surface area contributed by atoms with E-state index in [1.165, 1.54) is 48.1 Å². The van der Waals surface area contributed by atoms with Gasteiger partial charge >= 0.3 is 0 Å². The number of benzene rings is 1. The van der Waals surface area contributed by atoms with Gasteiger partial charge in [-0.2, -0.15) is 5.10 Å². The quantitative estimate of drug-likeness (QED) is 0.866. The molecule has 1 amide bonds. The molecule has 0 radical (unpaired) electrons. The summed E-state index contributed by atoms with van der Waals surface area (Å²) in [6, 6.07) is 8.42. The minimum absolute atomic E-state index is 0.0102. The van der Waals surface area contributed by atoms with Crippen LogP contribution in [0.2, 0.25) is 0 Å². The van der Waals surface area contributed by atoms with Crippen LogP contribution in [0.25, 0.3) is 0 Å². The number of carbonyl (C=O) groups is 1. The van der Waals surface area contributed by atoms with Gasteiger partial charge < -0.3 is 4.90 Å². The molecule has 0 N–H and O–H groups in total. The van der Waals surface area contributed by atoms with E-state index in [0.717, 1.165) is 0 Å². The second-order valence-electron chi connectivity index (χ2n) is 7.31. The van der Waals surface area contributed by atoms with Crippen molar-refractivity contribution < 1.29 is 4.79 Å². The number of hydrogen-bond donors (Lipinski definition) is 0. The van der Waals surface area contributed by atoms with E-state index >= 15 is 0 Å². The molecular weight excluding hydrogens is 298 g/mol. The molecule has 2 aromatic rings. The summed E-state index contributed by atoms with van der Waals surface area (Å²) < 4.78 is 1.90. The first-order valence-corrected chi connectivity index (χ1v) is 8.99. The molecule has 1 unspecified atom stereocenters. The summed E-state index contributed by atoms with van der Waals surface area (Å²) in [5.74, 6) is 0.795. The van der Waals surface area contributed by atoms with Gasteiger partial charge in [0.05, 0.1) is 24.4 Å². The Balaban J connectivity index is 1.64. The molecule has 4 heteroatoms. The first kappa shape index (κ1) is 15.4. The van der Waals surface area contributed by atoms with E-state index in [2.05, 4.69) is 36.3 Å². The maximum absolute atomic E-state index is 13.5. The second kappa shape index (κ2) is 6.08. The molecule has 2 aliphatic rings. The van der Waals surface area contributed by atoms with Gasteiger partial charge in [0.1, 0.15) is 0 Å². The summed E-state index contributed by atoms with van der Waals surface area (Å²) in [6.07, 6.45) is 6.76. The van der Waals surface area contributed by atoms with Crippen LogP contribution in [0.4, 0.5) is 0 Å². The fourth-order valence-corrected chi connectivity index (χ4v) is 4.45. The van der Waals surface area contributed by atoms with Gasteiger partial charge in [-0.25, -0.2) is 0 Å². The van der Waals surface area contributed by atoms with E-state index in [0.29, 0.717) is 24.9 Å². The monoisotopic (exact) mass is 323 g/mol. The molecule has 126 valence electrons. The summed E-state index contributed by atoms with van der Waals surface area (Å²) in [4.78, 5) is 15.5. The number of aromatic nitrogens is 2. The average molecular weight is 323 g/mol. The van der Waals surface area contributed by atoms with Crippen molar-refractivity contribution in [2.24, 2.45) is 13.0 Å². The zero-order valence-electron chi connectivity index (χ0n) is 14.5. The van der Waals surface area contributed by atoms with Crippen LogP contribution < -0.4 is 0 Å². The van der Waals surface area contributed by atoms with Crippen molar-refractivity contribution in [3.05, 3.63) is 52.8 Å². The van der Waals surface area contributed by atoms with E-state index < -0.39 is 0 Å².